The lowest BCUT2D eigenvalue weighted by atomic mass is 10.1. The van der Waals surface area contributed by atoms with Crippen LogP contribution in [-0.2, 0) is 13.1 Å². The van der Waals surface area contributed by atoms with Crippen molar-refractivity contribution in [2.75, 3.05) is 6.54 Å². The van der Waals surface area contributed by atoms with E-state index < -0.39 is 12.1 Å². The van der Waals surface area contributed by atoms with Crippen LogP contribution < -0.4 is 5.32 Å². The molecule has 2 amide bonds. The van der Waals surface area contributed by atoms with Gasteiger partial charge in [-0.05, 0) is 42.3 Å². The van der Waals surface area contributed by atoms with Crippen molar-refractivity contribution in [1.29, 1.82) is 0 Å². The maximum absolute atomic E-state index is 13.0. The van der Waals surface area contributed by atoms with Gasteiger partial charge in [-0.2, -0.15) is 0 Å². The number of likely N-dealkylation sites (tertiary alicyclic amines) is 1. The Morgan fingerprint density at radius 3 is 2.56 bits per heavy atom. The average Bonchev–Trinajstić information content (AvgIpc) is 3.31. The molecule has 3 aromatic rings. The molecule has 1 fully saturated rings. The van der Waals surface area contributed by atoms with E-state index in [2.05, 4.69) is 15.5 Å². The van der Waals surface area contributed by atoms with Crippen molar-refractivity contribution in [2.24, 2.45) is 0 Å². The van der Waals surface area contributed by atoms with Crippen LogP contribution in [-0.4, -0.2) is 43.5 Å². The van der Waals surface area contributed by atoms with Gasteiger partial charge in [-0.1, -0.05) is 53.0 Å². The number of nitrogens with one attached hydrogen (secondary N) is 1. The maximum atomic E-state index is 13.0. The normalized spacial score (nSPS) is 18.2. The molecule has 1 aliphatic rings. The molecule has 0 aliphatic carbocycles. The Labute approximate surface area is 200 Å². The lowest BCUT2D eigenvalue weighted by Crippen LogP contribution is -2.40. The van der Waals surface area contributed by atoms with E-state index in [4.69, 9.17) is 34.8 Å². The minimum atomic E-state index is -0.647. The molecule has 32 heavy (non-hydrogen) atoms. The van der Waals surface area contributed by atoms with Gasteiger partial charge in [0.25, 0.3) is 0 Å². The number of rotatable bonds is 5. The van der Waals surface area contributed by atoms with Gasteiger partial charge in [0.2, 0.25) is 0 Å². The molecule has 2 unspecified atom stereocenters. The third kappa shape index (κ3) is 5.02. The van der Waals surface area contributed by atoms with E-state index in [9.17, 15) is 9.90 Å². The lowest BCUT2D eigenvalue weighted by Gasteiger charge is -2.25. The van der Waals surface area contributed by atoms with Crippen LogP contribution in [0.2, 0.25) is 15.1 Å². The van der Waals surface area contributed by atoms with Crippen LogP contribution in [0.1, 0.15) is 35.2 Å². The predicted octanol–water partition coefficient (Wildman–Crippen LogP) is 4.61. The Morgan fingerprint density at radius 2 is 1.84 bits per heavy atom. The molecule has 0 radical (unpaired) electrons. The van der Waals surface area contributed by atoms with E-state index in [-0.39, 0.29) is 19.1 Å². The minimum Gasteiger partial charge on any atom is -0.391 e. The van der Waals surface area contributed by atoms with Crippen molar-refractivity contribution in [3.63, 3.8) is 0 Å². The Kier molecular flexibility index (Phi) is 6.90. The highest BCUT2D eigenvalue weighted by Gasteiger charge is 2.38. The van der Waals surface area contributed by atoms with Gasteiger partial charge in [-0.15, -0.1) is 10.2 Å². The van der Waals surface area contributed by atoms with Crippen molar-refractivity contribution in [3.8, 4) is 0 Å². The van der Waals surface area contributed by atoms with Crippen LogP contribution in [0.3, 0.4) is 0 Å². The molecule has 1 aliphatic heterocycles. The minimum absolute atomic E-state index is 0.206. The quantitative estimate of drug-likeness (QED) is 0.542. The highest BCUT2D eigenvalue weighted by Crippen LogP contribution is 2.32. The van der Waals surface area contributed by atoms with Gasteiger partial charge in [0.05, 0.1) is 18.7 Å². The van der Waals surface area contributed by atoms with Gasteiger partial charge < -0.3 is 19.9 Å². The summed E-state index contributed by atoms with van der Waals surface area (Å²) in [7, 11) is 0. The van der Waals surface area contributed by atoms with Crippen LogP contribution in [0.4, 0.5) is 4.79 Å². The Bertz CT molecular complexity index is 1120. The first kappa shape index (κ1) is 22.9. The number of nitrogens with zero attached hydrogens (tertiary/aromatic N) is 4. The van der Waals surface area contributed by atoms with Gasteiger partial charge in [0.15, 0.2) is 5.82 Å². The first-order valence-corrected chi connectivity index (χ1v) is 11.3. The van der Waals surface area contributed by atoms with E-state index in [0.717, 1.165) is 17.0 Å². The zero-order chi connectivity index (χ0) is 22.8. The lowest BCUT2D eigenvalue weighted by molar-refractivity contribution is 0.169. The fourth-order valence-electron chi connectivity index (χ4n) is 3.83. The number of halogens is 3. The number of urea groups is 1. The molecule has 2 atom stereocenters. The molecular weight excluding hydrogens is 473 g/mol. The molecule has 4 rings (SSSR count). The number of aromatic nitrogens is 3. The Morgan fingerprint density at radius 1 is 1.12 bits per heavy atom. The van der Waals surface area contributed by atoms with Crippen LogP contribution in [0.25, 0.3) is 0 Å². The van der Waals surface area contributed by atoms with Crippen LogP contribution in [0, 0.1) is 6.92 Å². The van der Waals surface area contributed by atoms with Crippen molar-refractivity contribution < 1.29 is 9.90 Å². The third-order valence-electron chi connectivity index (χ3n) is 5.50. The molecule has 0 saturated carbocycles. The van der Waals surface area contributed by atoms with Gasteiger partial charge in [0, 0.05) is 34.6 Å². The summed E-state index contributed by atoms with van der Waals surface area (Å²) >= 11 is 18.1. The summed E-state index contributed by atoms with van der Waals surface area (Å²) < 4.78 is 1.96. The molecule has 7 nitrogen and oxygen atoms in total. The molecule has 0 bridgehead atoms. The number of aliphatic hydroxyl groups excluding tert-OH is 1. The molecule has 2 N–H and O–H groups in total. The van der Waals surface area contributed by atoms with Gasteiger partial charge in [0.1, 0.15) is 5.82 Å². The maximum Gasteiger partial charge on any atom is 0.318 e. The SMILES string of the molecule is Cc1nnc(C2CC(O)CN2C(=O)NCc2ccc(Cl)cc2Cl)n1Cc1ccc(Cl)cc1. The van der Waals surface area contributed by atoms with Crippen LogP contribution >= 0.6 is 34.8 Å². The zero-order valence-electron chi connectivity index (χ0n) is 17.3. The molecular formula is C22H22Cl3N5O2. The number of hydrogen-bond acceptors (Lipinski definition) is 4. The van der Waals surface area contributed by atoms with Gasteiger partial charge >= 0.3 is 6.03 Å². The van der Waals surface area contributed by atoms with E-state index >= 15 is 0 Å². The molecule has 2 aromatic carbocycles. The predicted molar refractivity (Wildman–Crippen MR) is 124 cm³/mol. The number of aliphatic hydroxyl groups is 1. The first-order chi connectivity index (χ1) is 15.3. The number of carbonyl (C=O) groups is 1. The number of hydrogen-bond donors (Lipinski definition) is 2. The molecule has 168 valence electrons. The molecule has 10 heteroatoms. The summed E-state index contributed by atoms with van der Waals surface area (Å²) in [6.45, 7) is 2.85. The van der Waals surface area contributed by atoms with E-state index in [1.54, 1.807) is 23.1 Å². The summed E-state index contributed by atoms with van der Waals surface area (Å²) in [5, 5.41) is 23.4. The highest BCUT2D eigenvalue weighted by atomic mass is 35.5. The summed E-state index contributed by atoms with van der Waals surface area (Å²) in [5.41, 5.74) is 1.79. The van der Waals surface area contributed by atoms with Crippen molar-refractivity contribution in [1.82, 2.24) is 25.0 Å². The second-order valence-electron chi connectivity index (χ2n) is 7.77. The zero-order valence-corrected chi connectivity index (χ0v) is 19.6. The van der Waals surface area contributed by atoms with Gasteiger partial charge in [-0.3, -0.25) is 0 Å². The monoisotopic (exact) mass is 493 g/mol. The second kappa shape index (κ2) is 9.67. The van der Waals surface area contributed by atoms with Gasteiger partial charge in [-0.25, -0.2) is 4.79 Å². The van der Waals surface area contributed by atoms with Crippen LogP contribution in [0.5, 0.6) is 0 Å². The number of β-amino-alcohol motifs (C(OH)–C–C–N with tert-alkyl or cyclic N) is 1. The fourth-order valence-corrected chi connectivity index (χ4v) is 4.43. The third-order valence-corrected chi connectivity index (χ3v) is 6.34. The molecule has 0 spiro atoms. The molecule has 1 aromatic heterocycles. The second-order valence-corrected chi connectivity index (χ2v) is 9.05. The van der Waals surface area contributed by atoms with Crippen LogP contribution in [0.15, 0.2) is 42.5 Å². The molecule has 2 heterocycles. The Balaban J connectivity index is 1.52. The topological polar surface area (TPSA) is 83.3 Å². The standard InChI is InChI=1S/C22H22Cl3N5O2/c1-13-27-28-21(29(13)11-14-2-5-16(23)6-3-14)20-9-18(31)12-30(20)22(32)26-10-15-4-7-17(24)8-19(15)25/h2-8,18,20,31H,9-12H2,1H3,(H,26,32). The summed E-state index contributed by atoms with van der Waals surface area (Å²) in [5.74, 6) is 1.36. The summed E-state index contributed by atoms with van der Waals surface area (Å²) in [6.07, 6.45) is -0.265. The van der Waals surface area contributed by atoms with Crippen molar-refractivity contribution in [2.45, 2.75) is 38.6 Å². The Hall–Kier alpha value is -2.32. The summed E-state index contributed by atoms with van der Waals surface area (Å²) in [4.78, 5) is 14.6. The number of carbonyl (C=O) groups excluding carboxylic acids is 1. The number of benzene rings is 2. The van der Waals surface area contributed by atoms with Crippen molar-refractivity contribution >= 4 is 40.8 Å². The van der Waals surface area contributed by atoms with Crippen molar-refractivity contribution in [3.05, 3.63) is 80.3 Å². The largest absolute Gasteiger partial charge is 0.391 e. The van der Waals surface area contributed by atoms with E-state index in [1.165, 1.54) is 0 Å². The van der Waals surface area contributed by atoms with E-state index in [1.807, 2.05) is 35.8 Å². The first-order valence-electron chi connectivity index (χ1n) is 10.1. The highest BCUT2D eigenvalue weighted by molar-refractivity contribution is 6.35. The summed E-state index contributed by atoms with van der Waals surface area (Å²) in [6, 6.07) is 12.0. The average molecular weight is 495 g/mol. The fraction of sp³-hybridized carbons (Fsp3) is 0.318. The molecule has 1 saturated heterocycles. The smallest absolute Gasteiger partial charge is 0.318 e. The van der Waals surface area contributed by atoms with E-state index in [0.29, 0.717) is 33.9 Å². The number of aryl methyl sites for hydroxylation is 1. The number of amides is 2.